The Labute approximate surface area is 227 Å². The van der Waals surface area contributed by atoms with Gasteiger partial charge in [-0.15, -0.1) is 0 Å². The van der Waals surface area contributed by atoms with Crippen LogP contribution in [0.2, 0.25) is 0 Å². The predicted molar refractivity (Wildman–Crippen MR) is 160 cm³/mol. The Morgan fingerprint density at radius 1 is 0.564 bits per heavy atom. The highest BCUT2D eigenvalue weighted by Gasteiger charge is 2.38. The van der Waals surface area contributed by atoms with Crippen LogP contribution in [0, 0.1) is 0 Å². The molecule has 0 atom stereocenters. The third-order valence-electron chi connectivity index (χ3n) is 7.02. The molecule has 4 aromatic carbocycles. The van der Waals surface area contributed by atoms with E-state index in [0.29, 0.717) is 11.1 Å². The van der Waals surface area contributed by atoms with Gasteiger partial charge in [0.15, 0.2) is 0 Å². The quantitative estimate of drug-likeness (QED) is 0.192. The van der Waals surface area contributed by atoms with Crippen LogP contribution in [0.5, 0.6) is 0 Å². The summed E-state index contributed by atoms with van der Waals surface area (Å²) in [5.74, 6) is -0.573. The number of likely N-dealkylation sites (N-methyl/N-ethyl adjacent to an activating group) is 1. The molecule has 0 aliphatic carbocycles. The molecule has 39 heavy (non-hydrogen) atoms. The number of amides is 2. The molecule has 4 nitrogen and oxygen atoms in total. The minimum Gasteiger partial charge on any atom is -0.361 e. The van der Waals surface area contributed by atoms with Gasteiger partial charge >= 0.3 is 0 Å². The Balaban J connectivity index is 1.24. The van der Waals surface area contributed by atoms with Crippen molar-refractivity contribution < 1.29 is 9.59 Å². The monoisotopic (exact) mass is 506 g/mol. The first-order chi connectivity index (χ1) is 19.1. The fourth-order valence-electron chi connectivity index (χ4n) is 4.87. The lowest BCUT2D eigenvalue weighted by Gasteiger charge is -2.06. The van der Waals surface area contributed by atoms with Gasteiger partial charge in [0, 0.05) is 29.7 Å². The molecule has 5 aromatic rings. The van der Waals surface area contributed by atoms with Crippen LogP contribution in [0.25, 0.3) is 46.4 Å². The Morgan fingerprint density at radius 3 is 1.67 bits per heavy atom. The average Bonchev–Trinajstić information content (AvgIpc) is 3.50. The van der Waals surface area contributed by atoms with E-state index in [1.165, 1.54) is 17.5 Å². The van der Waals surface area contributed by atoms with Gasteiger partial charge in [0.25, 0.3) is 11.8 Å². The van der Waals surface area contributed by atoms with Crippen LogP contribution in [0.3, 0.4) is 0 Å². The van der Waals surface area contributed by atoms with E-state index in [-0.39, 0.29) is 11.8 Å². The third-order valence-corrected chi connectivity index (χ3v) is 7.02. The maximum absolute atomic E-state index is 13.1. The standard InChI is InChI=1S/C35H26N2O2/c1-37-34(38)32(33(35(37)39)30-23-36-31-10-6-5-9-29(30)31)28-21-19-27(20-22-28)18-17-26-15-13-25(14-16-26)12-11-24-7-3-2-4-8-24/h2-23,36H,1H3/b12-11+,18-17+. The second kappa shape index (κ2) is 10.3. The van der Waals surface area contributed by atoms with E-state index in [2.05, 4.69) is 59.6 Å². The SMILES string of the molecule is CN1C(=O)C(c2ccc(/C=C/c3ccc(/C=C/c4ccccc4)cc3)cc2)=C(c2c[nH]c3ccccc23)C1=O. The summed E-state index contributed by atoms with van der Waals surface area (Å²) in [6, 6.07) is 34.2. The number of rotatable bonds is 6. The molecule has 0 spiro atoms. The topological polar surface area (TPSA) is 53.2 Å². The Kier molecular flexibility index (Phi) is 6.36. The van der Waals surface area contributed by atoms with Gasteiger partial charge in [0.1, 0.15) is 0 Å². The number of nitrogens with one attached hydrogen (secondary N) is 1. The molecule has 188 valence electrons. The molecule has 4 heteroatoms. The van der Waals surface area contributed by atoms with E-state index in [4.69, 9.17) is 0 Å². The molecule has 1 aliphatic heterocycles. The number of nitrogens with zero attached hydrogens (tertiary/aromatic N) is 1. The Morgan fingerprint density at radius 2 is 1.05 bits per heavy atom. The van der Waals surface area contributed by atoms with Gasteiger partial charge in [-0.25, -0.2) is 0 Å². The van der Waals surface area contributed by atoms with Crippen LogP contribution < -0.4 is 0 Å². The van der Waals surface area contributed by atoms with E-state index >= 15 is 0 Å². The first-order valence-corrected chi connectivity index (χ1v) is 12.8. The number of carbonyl (C=O) groups is 2. The number of fused-ring (bicyclic) bond motifs is 1. The second-order valence-electron chi connectivity index (χ2n) is 9.53. The molecule has 0 saturated heterocycles. The number of aromatic amines is 1. The molecule has 2 amide bonds. The van der Waals surface area contributed by atoms with Gasteiger partial charge in [0.05, 0.1) is 11.1 Å². The van der Waals surface area contributed by atoms with Gasteiger partial charge < -0.3 is 4.98 Å². The summed E-state index contributed by atoms with van der Waals surface area (Å²) in [5.41, 5.74) is 7.68. The number of benzene rings is 4. The molecule has 0 unspecified atom stereocenters. The van der Waals surface area contributed by atoms with Crippen LogP contribution >= 0.6 is 0 Å². The van der Waals surface area contributed by atoms with E-state index in [1.54, 1.807) is 0 Å². The van der Waals surface area contributed by atoms with E-state index in [0.717, 1.165) is 38.7 Å². The zero-order valence-corrected chi connectivity index (χ0v) is 21.5. The van der Waals surface area contributed by atoms with Crippen molar-refractivity contribution in [3.63, 3.8) is 0 Å². The zero-order chi connectivity index (χ0) is 26.8. The largest absolute Gasteiger partial charge is 0.361 e. The first kappa shape index (κ1) is 24.1. The number of aromatic nitrogens is 1. The van der Waals surface area contributed by atoms with Crippen molar-refractivity contribution >= 4 is 58.2 Å². The lowest BCUT2D eigenvalue weighted by molar-refractivity contribution is -0.134. The Hall–Kier alpha value is -5.22. The molecule has 0 fully saturated rings. The maximum atomic E-state index is 13.1. The van der Waals surface area contributed by atoms with Gasteiger partial charge in [-0.3, -0.25) is 14.5 Å². The molecule has 0 saturated carbocycles. The molecule has 1 N–H and O–H groups in total. The molecular weight excluding hydrogens is 480 g/mol. The van der Waals surface area contributed by atoms with Crippen LogP contribution in [0.1, 0.15) is 33.4 Å². The first-order valence-electron chi connectivity index (χ1n) is 12.8. The van der Waals surface area contributed by atoms with Gasteiger partial charge in [0.2, 0.25) is 0 Å². The summed E-state index contributed by atoms with van der Waals surface area (Å²) < 4.78 is 0. The maximum Gasteiger partial charge on any atom is 0.261 e. The van der Waals surface area contributed by atoms with Crippen molar-refractivity contribution in [1.82, 2.24) is 9.88 Å². The number of imide groups is 1. The molecule has 1 aromatic heterocycles. The lowest BCUT2D eigenvalue weighted by Crippen LogP contribution is -2.26. The normalized spacial score (nSPS) is 14.0. The highest BCUT2D eigenvalue weighted by molar-refractivity contribution is 6.49. The van der Waals surface area contributed by atoms with Crippen LogP contribution in [0.4, 0.5) is 0 Å². The Bertz CT molecular complexity index is 1770. The van der Waals surface area contributed by atoms with Crippen molar-refractivity contribution in [3.8, 4) is 0 Å². The summed E-state index contributed by atoms with van der Waals surface area (Å²) in [4.78, 5) is 30.7. The molecule has 0 radical (unpaired) electrons. The van der Waals surface area contributed by atoms with Crippen molar-refractivity contribution in [3.05, 3.63) is 143 Å². The molecular formula is C35H26N2O2. The number of H-pyrrole nitrogens is 1. The van der Waals surface area contributed by atoms with Gasteiger partial charge in [-0.2, -0.15) is 0 Å². The summed E-state index contributed by atoms with van der Waals surface area (Å²) in [5, 5.41) is 0.919. The summed E-state index contributed by atoms with van der Waals surface area (Å²) in [7, 11) is 1.53. The second-order valence-corrected chi connectivity index (χ2v) is 9.53. The predicted octanol–water partition coefficient (Wildman–Crippen LogP) is 7.42. The number of hydrogen-bond donors (Lipinski definition) is 1. The van der Waals surface area contributed by atoms with Crippen molar-refractivity contribution in [1.29, 1.82) is 0 Å². The molecule has 2 heterocycles. The van der Waals surface area contributed by atoms with E-state index in [9.17, 15) is 9.59 Å². The van der Waals surface area contributed by atoms with Crippen molar-refractivity contribution in [2.75, 3.05) is 7.05 Å². The van der Waals surface area contributed by atoms with Crippen LogP contribution in [-0.4, -0.2) is 28.7 Å². The lowest BCUT2D eigenvalue weighted by atomic mass is 9.95. The number of para-hydroxylation sites is 1. The van der Waals surface area contributed by atoms with Crippen molar-refractivity contribution in [2.45, 2.75) is 0 Å². The van der Waals surface area contributed by atoms with Crippen LogP contribution in [0.15, 0.2) is 109 Å². The minimum atomic E-state index is -0.287. The summed E-state index contributed by atoms with van der Waals surface area (Å²) in [6.45, 7) is 0. The third kappa shape index (κ3) is 4.76. The summed E-state index contributed by atoms with van der Waals surface area (Å²) in [6.07, 6.45) is 10.1. The number of hydrogen-bond acceptors (Lipinski definition) is 2. The van der Waals surface area contributed by atoms with E-state index < -0.39 is 0 Å². The molecule has 6 rings (SSSR count). The van der Waals surface area contributed by atoms with Gasteiger partial charge in [-0.05, 0) is 33.9 Å². The highest BCUT2D eigenvalue weighted by Crippen LogP contribution is 2.38. The fourth-order valence-corrected chi connectivity index (χ4v) is 4.87. The minimum absolute atomic E-state index is 0.286. The molecule has 0 bridgehead atoms. The summed E-state index contributed by atoms with van der Waals surface area (Å²) >= 11 is 0. The zero-order valence-electron chi connectivity index (χ0n) is 21.5. The van der Waals surface area contributed by atoms with Crippen LogP contribution in [-0.2, 0) is 9.59 Å². The highest BCUT2D eigenvalue weighted by atomic mass is 16.2. The number of carbonyl (C=O) groups excluding carboxylic acids is 2. The van der Waals surface area contributed by atoms with Crippen molar-refractivity contribution in [2.24, 2.45) is 0 Å². The van der Waals surface area contributed by atoms with E-state index in [1.807, 2.05) is 79.0 Å². The smallest absolute Gasteiger partial charge is 0.261 e. The van der Waals surface area contributed by atoms with Gasteiger partial charge in [-0.1, -0.05) is 121 Å². The molecule has 1 aliphatic rings. The fraction of sp³-hybridized carbons (Fsp3) is 0.0286. The average molecular weight is 507 g/mol.